The molecule has 7 nitrogen and oxygen atoms in total. The van der Waals surface area contributed by atoms with Crippen LogP contribution < -0.4 is 0 Å². The first-order valence-electron chi connectivity index (χ1n) is 8.89. The number of carbonyl (C=O) groups excluding carboxylic acids is 1. The third-order valence-corrected chi connectivity index (χ3v) is 5.58. The Morgan fingerprint density at radius 1 is 1.24 bits per heavy atom. The maximum absolute atomic E-state index is 12.3. The van der Waals surface area contributed by atoms with Gasteiger partial charge in [-0.05, 0) is 54.8 Å². The molecule has 2 aromatic rings. The van der Waals surface area contributed by atoms with Gasteiger partial charge in [-0.3, -0.25) is 9.69 Å². The highest BCUT2D eigenvalue weighted by molar-refractivity contribution is 5.81. The van der Waals surface area contributed by atoms with Gasteiger partial charge in [0, 0.05) is 19.6 Å². The molecule has 25 heavy (non-hydrogen) atoms. The van der Waals surface area contributed by atoms with E-state index >= 15 is 0 Å². The number of carbonyl (C=O) groups is 1. The molecule has 4 rings (SSSR count). The van der Waals surface area contributed by atoms with Crippen LogP contribution in [-0.2, 0) is 11.3 Å². The molecule has 132 valence electrons. The molecule has 0 bridgehead atoms. The summed E-state index contributed by atoms with van der Waals surface area (Å²) >= 11 is 0. The van der Waals surface area contributed by atoms with Crippen molar-refractivity contribution < 1.29 is 4.79 Å². The first-order chi connectivity index (χ1) is 12.1. The van der Waals surface area contributed by atoms with Gasteiger partial charge in [0.2, 0.25) is 5.91 Å². The highest BCUT2D eigenvalue weighted by atomic mass is 16.2. The van der Waals surface area contributed by atoms with Crippen molar-refractivity contribution in [1.82, 2.24) is 30.0 Å². The number of likely N-dealkylation sites (N-methyl/N-ethyl adjacent to an activating group) is 1. The maximum atomic E-state index is 12.3. The molecule has 2 fully saturated rings. The number of aromatic nitrogens is 4. The summed E-state index contributed by atoms with van der Waals surface area (Å²) in [6.07, 6.45) is 2.04. The fourth-order valence-corrected chi connectivity index (χ4v) is 4.31. The van der Waals surface area contributed by atoms with Gasteiger partial charge in [-0.1, -0.05) is 18.2 Å². The minimum atomic E-state index is 0.128. The summed E-state index contributed by atoms with van der Waals surface area (Å²) in [6.45, 7) is 6.62. The molecule has 2 aliphatic rings. The highest BCUT2D eigenvalue weighted by Gasteiger charge is 2.43. The van der Waals surface area contributed by atoms with Crippen molar-refractivity contribution in [3.05, 3.63) is 35.2 Å². The molecule has 0 saturated carbocycles. The van der Waals surface area contributed by atoms with E-state index in [0.29, 0.717) is 6.54 Å². The zero-order chi connectivity index (χ0) is 17.6. The van der Waals surface area contributed by atoms with Gasteiger partial charge in [-0.25, -0.2) is 0 Å². The SMILES string of the molecule is Cc1cccc(C)c1-n1nnnc1CN1CCC[C@H]2C(=O)N(C)C[C@H]21. The Balaban J connectivity index is 1.63. The van der Waals surface area contributed by atoms with E-state index in [1.165, 1.54) is 0 Å². The Labute approximate surface area is 147 Å². The number of piperidine rings is 1. The molecule has 7 heteroatoms. The average Bonchev–Trinajstić information content (AvgIpc) is 3.14. The van der Waals surface area contributed by atoms with Crippen LogP contribution in [0.2, 0.25) is 0 Å². The molecular formula is C18H24N6O. The van der Waals surface area contributed by atoms with Crippen molar-refractivity contribution in [2.24, 2.45) is 5.92 Å². The second-order valence-electron chi connectivity index (χ2n) is 7.25. The van der Waals surface area contributed by atoms with Crippen LogP contribution in [-0.4, -0.2) is 62.1 Å². The molecule has 0 N–H and O–H groups in total. The largest absolute Gasteiger partial charge is 0.344 e. The number of para-hydroxylation sites is 1. The summed E-state index contributed by atoms with van der Waals surface area (Å²) < 4.78 is 1.86. The fraction of sp³-hybridized carbons (Fsp3) is 0.556. The van der Waals surface area contributed by atoms with Crippen molar-refractivity contribution >= 4 is 5.91 Å². The van der Waals surface area contributed by atoms with Crippen molar-refractivity contribution in [1.29, 1.82) is 0 Å². The van der Waals surface area contributed by atoms with Gasteiger partial charge in [-0.2, -0.15) is 4.68 Å². The lowest BCUT2D eigenvalue weighted by molar-refractivity contribution is -0.130. The Morgan fingerprint density at radius 2 is 2.00 bits per heavy atom. The second kappa shape index (κ2) is 6.22. The summed E-state index contributed by atoms with van der Waals surface area (Å²) in [5, 5.41) is 12.4. The lowest BCUT2D eigenvalue weighted by Crippen LogP contribution is -2.45. The lowest BCUT2D eigenvalue weighted by atomic mass is 9.91. The van der Waals surface area contributed by atoms with E-state index in [-0.39, 0.29) is 17.9 Å². The van der Waals surface area contributed by atoms with E-state index in [2.05, 4.69) is 46.4 Å². The standard InChI is InChI=1S/C18H24N6O/c1-12-6-4-7-13(2)17(12)24-16(19-20-21-24)11-23-9-5-8-14-15(23)10-22(3)18(14)25/h4,6-7,14-15H,5,8-11H2,1-3H3/t14-,15-/m1/s1. The first kappa shape index (κ1) is 16.2. The summed E-state index contributed by atoms with van der Waals surface area (Å²) in [7, 11) is 1.90. The van der Waals surface area contributed by atoms with Gasteiger partial charge in [0.15, 0.2) is 5.82 Å². The Morgan fingerprint density at radius 3 is 2.76 bits per heavy atom. The predicted octanol–water partition coefficient (Wildman–Crippen LogP) is 1.33. The molecule has 0 spiro atoms. The fourth-order valence-electron chi connectivity index (χ4n) is 4.31. The van der Waals surface area contributed by atoms with E-state index in [1.54, 1.807) is 0 Å². The maximum Gasteiger partial charge on any atom is 0.227 e. The van der Waals surface area contributed by atoms with Crippen molar-refractivity contribution in [3.63, 3.8) is 0 Å². The summed E-state index contributed by atoms with van der Waals surface area (Å²) in [4.78, 5) is 16.6. The number of nitrogens with zero attached hydrogens (tertiary/aromatic N) is 6. The number of rotatable bonds is 3. The highest BCUT2D eigenvalue weighted by Crippen LogP contribution is 2.32. The Bertz CT molecular complexity index is 780. The molecule has 2 aliphatic heterocycles. The van der Waals surface area contributed by atoms with Gasteiger partial charge in [0.05, 0.1) is 18.2 Å². The molecule has 1 aromatic carbocycles. The number of fused-ring (bicyclic) bond motifs is 1. The van der Waals surface area contributed by atoms with Crippen molar-refractivity contribution in [2.75, 3.05) is 20.1 Å². The molecule has 0 radical (unpaired) electrons. The van der Waals surface area contributed by atoms with Crippen LogP contribution in [0, 0.1) is 19.8 Å². The van der Waals surface area contributed by atoms with Crippen LogP contribution in [0.5, 0.6) is 0 Å². The zero-order valence-corrected chi connectivity index (χ0v) is 15.0. The second-order valence-corrected chi connectivity index (χ2v) is 7.25. The average molecular weight is 340 g/mol. The van der Waals surface area contributed by atoms with Crippen LogP contribution in [0.4, 0.5) is 0 Å². The van der Waals surface area contributed by atoms with Gasteiger partial charge in [-0.15, -0.1) is 5.10 Å². The summed E-state index contributed by atoms with van der Waals surface area (Å²) in [5.41, 5.74) is 3.36. The number of hydrogen-bond acceptors (Lipinski definition) is 5. The van der Waals surface area contributed by atoms with Gasteiger partial charge < -0.3 is 4.90 Å². The van der Waals surface area contributed by atoms with Crippen molar-refractivity contribution in [3.8, 4) is 5.69 Å². The summed E-state index contributed by atoms with van der Waals surface area (Å²) in [6, 6.07) is 6.48. The van der Waals surface area contributed by atoms with Crippen LogP contribution in [0.25, 0.3) is 5.69 Å². The molecule has 0 aliphatic carbocycles. The number of aryl methyl sites for hydroxylation is 2. The number of likely N-dealkylation sites (tertiary alicyclic amines) is 2. The molecule has 2 saturated heterocycles. The quantitative estimate of drug-likeness (QED) is 0.843. The summed E-state index contributed by atoms with van der Waals surface area (Å²) in [5.74, 6) is 1.24. The van der Waals surface area contributed by atoms with E-state index < -0.39 is 0 Å². The molecule has 1 amide bonds. The Hall–Kier alpha value is -2.28. The monoisotopic (exact) mass is 340 g/mol. The van der Waals surface area contributed by atoms with Crippen LogP contribution in [0.1, 0.15) is 29.8 Å². The lowest BCUT2D eigenvalue weighted by Gasteiger charge is -2.35. The Kier molecular flexibility index (Phi) is 4.03. The number of hydrogen-bond donors (Lipinski definition) is 0. The molecular weight excluding hydrogens is 316 g/mol. The van der Waals surface area contributed by atoms with E-state index in [9.17, 15) is 4.79 Å². The molecule has 0 unspecified atom stereocenters. The predicted molar refractivity (Wildman–Crippen MR) is 93.2 cm³/mol. The minimum absolute atomic E-state index is 0.128. The zero-order valence-electron chi connectivity index (χ0n) is 15.0. The number of benzene rings is 1. The third-order valence-electron chi connectivity index (χ3n) is 5.58. The number of amides is 1. The third kappa shape index (κ3) is 2.72. The van der Waals surface area contributed by atoms with Crippen LogP contribution in [0.15, 0.2) is 18.2 Å². The van der Waals surface area contributed by atoms with Gasteiger partial charge in [0.25, 0.3) is 0 Å². The van der Waals surface area contributed by atoms with Crippen LogP contribution >= 0.6 is 0 Å². The molecule has 2 atom stereocenters. The molecule has 3 heterocycles. The normalized spacial score (nSPS) is 24.0. The topological polar surface area (TPSA) is 67.2 Å². The van der Waals surface area contributed by atoms with E-state index in [1.807, 2.05) is 22.7 Å². The van der Waals surface area contributed by atoms with Crippen LogP contribution in [0.3, 0.4) is 0 Å². The molecule has 1 aromatic heterocycles. The first-order valence-corrected chi connectivity index (χ1v) is 8.89. The van der Waals surface area contributed by atoms with E-state index in [0.717, 1.165) is 48.6 Å². The van der Waals surface area contributed by atoms with Gasteiger partial charge >= 0.3 is 0 Å². The minimum Gasteiger partial charge on any atom is -0.344 e. The van der Waals surface area contributed by atoms with E-state index in [4.69, 9.17) is 0 Å². The van der Waals surface area contributed by atoms with Gasteiger partial charge in [0.1, 0.15) is 0 Å². The van der Waals surface area contributed by atoms with Crippen molar-refractivity contribution in [2.45, 2.75) is 39.3 Å². The number of tetrazole rings is 1. The smallest absolute Gasteiger partial charge is 0.227 e.